The third kappa shape index (κ3) is 4.01. The standard InChI is InChI=1S/C23H29N3O3S/c1-16-6-5-7-21(24-16)30(27,28)18-8-9-20-19(14-18)25-22(23(2,3)4)26(20)15-17-10-12-29-13-11-17/h5-9,14,17H,10-13,15H2,1-4H3. The Hall–Kier alpha value is -2.25. The van der Waals surface area contributed by atoms with Gasteiger partial charge in [0.25, 0.3) is 0 Å². The first-order chi connectivity index (χ1) is 14.2. The number of pyridine rings is 1. The largest absolute Gasteiger partial charge is 0.381 e. The van der Waals surface area contributed by atoms with Gasteiger partial charge in [-0.15, -0.1) is 0 Å². The van der Waals surface area contributed by atoms with E-state index < -0.39 is 9.84 Å². The van der Waals surface area contributed by atoms with E-state index in [4.69, 9.17) is 9.72 Å². The Morgan fingerprint density at radius 3 is 2.50 bits per heavy atom. The van der Waals surface area contributed by atoms with E-state index in [-0.39, 0.29) is 15.3 Å². The summed E-state index contributed by atoms with van der Waals surface area (Å²) >= 11 is 0. The number of nitrogens with zero attached hydrogens (tertiary/aromatic N) is 3. The van der Waals surface area contributed by atoms with Crippen molar-refractivity contribution in [1.82, 2.24) is 14.5 Å². The first-order valence-electron chi connectivity index (χ1n) is 10.4. The Morgan fingerprint density at radius 2 is 1.83 bits per heavy atom. The van der Waals surface area contributed by atoms with Crippen LogP contribution in [0.15, 0.2) is 46.3 Å². The van der Waals surface area contributed by atoms with Crippen LogP contribution in [0.3, 0.4) is 0 Å². The molecule has 1 aliphatic heterocycles. The van der Waals surface area contributed by atoms with Crippen LogP contribution in [0.2, 0.25) is 0 Å². The normalized spacial score (nSPS) is 16.3. The Labute approximate surface area is 178 Å². The van der Waals surface area contributed by atoms with Crippen LogP contribution in [-0.4, -0.2) is 36.2 Å². The fourth-order valence-electron chi connectivity index (χ4n) is 4.01. The van der Waals surface area contributed by atoms with Crippen LogP contribution in [0, 0.1) is 12.8 Å². The average molecular weight is 428 g/mol. The second-order valence-electron chi connectivity index (χ2n) is 9.12. The summed E-state index contributed by atoms with van der Waals surface area (Å²) in [7, 11) is -3.70. The topological polar surface area (TPSA) is 74.1 Å². The molecule has 0 saturated carbocycles. The van der Waals surface area contributed by atoms with Crippen LogP contribution in [-0.2, 0) is 26.5 Å². The number of benzene rings is 1. The monoisotopic (exact) mass is 427 g/mol. The lowest BCUT2D eigenvalue weighted by Crippen LogP contribution is -2.25. The van der Waals surface area contributed by atoms with Gasteiger partial charge in [-0.1, -0.05) is 26.8 Å². The zero-order chi connectivity index (χ0) is 21.5. The molecular weight excluding hydrogens is 398 g/mol. The van der Waals surface area contributed by atoms with E-state index in [9.17, 15) is 8.42 Å². The summed E-state index contributed by atoms with van der Waals surface area (Å²) in [5.41, 5.74) is 2.21. The average Bonchev–Trinajstić information content (AvgIpc) is 3.07. The lowest BCUT2D eigenvalue weighted by atomic mass is 9.94. The first-order valence-corrected chi connectivity index (χ1v) is 11.9. The van der Waals surface area contributed by atoms with Crippen molar-refractivity contribution in [2.45, 2.75) is 62.4 Å². The summed E-state index contributed by atoms with van der Waals surface area (Å²) in [4.78, 5) is 9.32. The maximum atomic E-state index is 13.1. The van der Waals surface area contributed by atoms with Crippen LogP contribution in [0.4, 0.5) is 0 Å². The zero-order valence-electron chi connectivity index (χ0n) is 18.1. The van der Waals surface area contributed by atoms with Crippen molar-refractivity contribution >= 4 is 20.9 Å². The number of rotatable bonds is 4. The van der Waals surface area contributed by atoms with Gasteiger partial charge in [-0.05, 0) is 56.0 Å². The van der Waals surface area contributed by atoms with Crippen molar-refractivity contribution < 1.29 is 13.2 Å². The molecule has 0 unspecified atom stereocenters. The van der Waals surface area contributed by atoms with E-state index >= 15 is 0 Å². The van der Waals surface area contributed by atoms with E-state index in [0.717, 1.165) is 43.9 Å². The van der Waals surface area contributed by atoms with Gasteiger partial charge >= 0.3 is 0 Å². The van der Waals surface area contributed by atoms with Crippen molar-refractivity contribution in [2.75, 3.05) is 13.2 Å². The molecule has 0 N–H and O–H groups in total. The molecule has 4 rings (SSSR count). The van der Waals surface area contributed by atoms with E-state index in [1.165, 1.54) is 6.07 Å². The molecular formula is C23H29N3O3S. The zero-order valence-corrected chi connectivity index (χ0v) is 18.9. The second kappa shape index (κ2) is 7.78. The van der Waals surface area contributed by atoms with Gasteiger partial charge in [0.1, 0.15) is 5.82 Å². The number of imidazole rings is 1. The van der Waals surface area contributed by atoms with Gasteiger partial charge < -0.3 is 9.30 Å². The third-order valence-corrected chi connectivity index (χ3v) is 7.27. The molecule has 0 spiro atoms. The Balaban J connectivity index is 1.80. The minimum Gasteiger partial charge on any atom is -0.381 e. The van der Waals surface area contributed by atoms with Crippen molar-refractivity contribution in [3.8, 4) is 0 Å². The molecule has 6 nitrogen and oxygen atoms in total. The highest BCUT2D eigenvalue weighted by molar-refractivity contribution is 7.91. The van der Waals surface area contributed by atoms with Gasteiger partial charge in [0.15, 0.2) is 5.03 Å². The Bertz CT molecular complexity index is 1170. The number of hydrogen-bond donors (Lipinski definition) is 0. The van der Waals surface area contributed by atoms with Gasteiger partial charge in [-0.2, -0.15) is 0 Å². The maximum Gasteiger partial charge on any atom is 0.223 e. The van der Waals surface area contributed by atoms with Crippen LogP contribution >= 0.6 is 0 Å². The SMILES string of the molecule is Cc1cccc(S(=O)(=O)c2ccc3c(c2)nc(C(C)(C)C)n3CC2CCOCC2)n1. The molecule has 30 heavy (non-hydrogen) atoms. The number of sulfone groups is 1. The van der Waals surface area contributed by atoms with E-state index in [0.29, 0.717) is 17.1 Å². The number of aromatic nitrogens is 3. The Morgan fingerprint density at radius 1 is 1.10 bits per heavy atom. The van der Waals surface area contributed by atoms with Gasteiger partial charge in [0, 0.05) is 30.9 Å². The second-order valence-corrected chi connectivity index (χ2v) is 11.0. The summed E-state index contributed by atoms with van der Waals surface area (Å²) in [6.07, 6.45) is 2.07. The Kier molecular flexibility index (Phi) is 5.45. The fourth-order valence-corrected chi connectivity index (χ4v) is 5.29. The highest BCUT2D eigenvalue weighted by atomic mass is 32.2. The van der Waals surface area contributed by atoms with Crippen molar-refractivity contribution in [1.29, 1.82) is 0 Å². The highest BCUT2D eigenvalue weighted by Gasteiger charge is 2.27. The van der Waals surface area contributed by atoms with Crippen molar-refractivity contribution in [2.24, 2.45) is 5.92 Å². The molecule has 3 aromatic rings. The predicted molar refractivity (Wildman–Crippen MR) is 116 cm³/mol. The fraction of sp³-hybridized carbons (Fsp3) is 0.478. The van der Waals surface area contributed by atoms with E-state index in [1.807, 2.05) is 6.07 Å². The molecule has 0 amide bonds. The molecule has 1 aromatic carbocycles. The summed E-state index contributed by atoms with van der Waals surface area (Å²) < 4.78 is 34.0. The van der Waals surface area contributed by atoms with Crippen LogP contribution in [0.25, 0.3) is 11.0 Å². The summed E-state index contributed by atoms with van der Waals surface area (Å²) in [5.74, 6) is 1.52. The van der Waals surface area contributed by atoms with E-state index in [1.54, 1.807) is 31.2 Å². The molecule has 0 bridgehead atoms. The van der Waals surface area contributed by atoms with Crippen molar-refractivity contribution in [3.05, 3.63) is 47.9 Å². The van der Waals surface area contributed by atoms with Gasteiger partial charge in [0.05, 0.1) is 15.9 Å². The van der Waals surface area contributed by atoms with Crippen LogP contribution in [0.5, 0.6) is 0 Å². The molecule has 0 radical (unpaired) electrons. The highest BCUT2D eigenvalue weighted by Crippen LogP contribution is 2.31. The van der Waals surface area contributed by atoms with Crippen molar-refractivity contribution in [3.63, 3.8) is 0 Å². The number of ether oxygens (including phenoxy) is 1. The minimum atomic E-state index is -3.70. The molecule has 1 fully saturated rings. The third-order valence-electron chi connectivity index (χ3n) is 5.62. The lowest BCUT2D eigenvalue weighted by Gasteiger charge is -2.26. The van der Waals surface area contributed by atoms with Gasteiger partial charge in [-0.25, -0.2) is 18.4 Å². The summed E-state index contributed by atoms with van der Waals surface area (Å²) in [6, 6.07) is 10.3. The quantitative estimate of drug-likeness (QED) is 0.621. The van der Waals surface area contributed by atoms with E-state index in [2.05, 4.69) is 30.3 Å². The minimum absolute atomic E-state index is 0.0690. The number of aryl methyl sites for hydroxylation is 1. The summed E-state index contributed by atoms with van der Waals surface area (Å²) in [6.45, 7) is 10.7. The molecule has 1 aliphatic rings. The molecule has 0 aliphatic carbocycles. The van der Waals surface area contributed by atoms with Crippen LogP contribution in [0.1, 0.15) is 45.1 Å². The molecule has 160 valence electrons. The first kappa shape index (κ1) is 21.0. The number of fused-ring (bicyclic) bond motifs is 1. The molecule has 3 heterocycles. The number of hydrogen-bond acceptors (Lipinski definition) is 5. The summed E-state index contributed by atoms with van der Waals surface area (Å²) in [5, 5.41) is 0.0690. The van der Waals surface area contributed by atoms with Crippen LogP contribution < -0.4 is 0 Å². The molecule has 2 aromatic heterocycles. The maximum absolute atomic E-state index is 13.1. The molecule has 7 heteroatoms. The lowest BCUT2D eigenvalue weighted by molar-refractivity contribution is 0.0611. The predicted octanol–water partition coefficient (Wildman–Crippen LogP) is 4.30. The van der Waals surface area contributed by atoms with Gasteiger partial charge in [-0.3, -0.25) is 0 Å². The molecule has 1 saturated heterocycles. The molecule has 0 atom stereocenters. The van der Waals surface area contributed by atoms with Gasteiger partial charge in [0.2, 0.25) is 9.84 Å². The smallest absolute Gasteiger partial charge is 0.223 e.